The molecule has 4 nitrogen and oxygen atoms in total. The van der Waals surface area contributed by atoms with Crippen LogP contribution in [0.2, 0.25) is 0 Å². The number of hydrogen-bond donors (Lipinski definition) is 0. The van der Waals surface area contributed by atoms with Crippen molar-refractivity contribution in [3.8, 4) is 5.75 Å². The Morgan fingerprint density at radius 1 is 1.33 bits per heavy atom. The molecule has 0 radical (unpaired) electrons. The van der Waals surface area contributed by atoms with Gasteiger partial charge in [0.15, 0.2) is 0 Å². The molecule has 4 heteroatoms. The minimum absolute atomic E-state index is 0.0511. The summed E-state index contributed by atoms with van der Waals surface area (Å²) in [4.78, 5) is 18.6. The standard InChI is InChI=1S/C20H22N2O2/c1-2-24-18-10-8-17(9-11-18)19-6-4-14-22(19)20(23)12-7-16-5-3-13-21-15-16/h3,5,7-13,15,19H,2,4,6,14H2,1H3/b12-7+. The molecule has 2 aromatic rings. The van der Waals surface area contributed by atoms with E-state index >= 15 is 0 Å². The number of carbonyl (C=O) groups excluding carboxylic acids is 1. The van der Waals surface area contributed by atoms with Crippen molar-refractivity contribution < 1.29 is 9.53 Å². The van der Waals surface area contributed by atoms with Crippen LogP contribution in [0, 0.1) is 0 Å². The number of pyridine rings is 1. The van der Waals surface area contributed by atoms with Gasteiger partial charge >= 0.3 is 0 Å². The lowest BCUT2D eigenvalue weighted by Crippen LogP contribution is -2.28. The maximum absolute atomic E-state index is 12.6. The molecule has 1 atom stereocenters. The molecule has 1 aliphatic heterocycles. The summed E-state index contributed by atoms with van der Waals surface area (Å²) >= 11 is 0. The topological polar surface area (TPSA) is 42.4 Å². The summed E-state index contributed by atoms with van der Waals surface area (Å²) in [5, 5.41) is 0. The van der Waals surface area contributed by atoms with Crippen molar-refractivity contribution in [3.63, 3.8) is 0 Å². The number of ether oxygens (including phenoxy) is 1. The van der Waals surface area contributed by atoms with Crippen molar-refractivity contribution in [3.05, 3.63) is 66.0 Å². The summed E-state index contributed by atoms with van der Waals surface area (Å²) in [6.45, 7) is 3.43. The first-order chi connectivity index (χ1) is 11.8. The molecule has 0 bridgehead atoms. The SMILES string of the molecule is CCOc1ccc(C2CCCN2C(=O)/C=C/c2cccnc2)cc1. The fourth-order valence-corrected chi connectivity index (χ4v) is 3.07. The van der Waals surface area contributed by atoms with Crippen LogP contribution < -0.4 is 4.74 Å². The Balaban J connectivity index is 1.70. The first-order valence-corrected chi connectivity index (χ1v) is 8.39. The minimum Gasteiger partial charge on any atom is -0.494 e. The molecule has 124 valence electrons. The van der Waals surface area contributed by atoms with Crippen molar-refractivity contribution in [2.75, 3.05) is 13.2 Å². The number of carbonyl (C=O) groups is 1. The third-order valence-corrected chi connectivity index (χ3v) is 4.21. The first-order valence-electron chi connectivity index (χ1n) is 8.39. The maximum Gasteiger partial charge on any atom is 0.247 e. The van der Waals surface area contributed by atoms with Crippen molar-refractivity contribution >= 4 is 12.0 Å². The van der Waals surface area contributed by atoms with Gasteiger partial charge < -0.3 is 9.64 Å². The molecular weight excluding hydrogens is 300 g/mol. The number of nitrogens with zero attached hydrogens (tertiary/aromatic N) is 2. The van der Waals surface area contributed by atoms with Crippen LogP contribution in [0.5, 0.6) is 5.75 Å². The maximum atomic E-state index is 12.6. The summed E-state index contributed by atoms with van der Waals surface area (Å²) in [5.74, 6) is 0.920. The zero-order valence-corrected chi connectivity index (χ0v) is 13.9. The van der Waals surface area contributed by atoms with Gasteiger partial charge in [0.25, 0.3) is 0 Å². The van der Waals surface area contributed by atoms with Gasteiger partial charge in [-0.1, -0.05) is 18.2 Å². The highest BCUT2D eigenvalue weighted by Crippen LogP contribution is 2.33. The van der Waals surface area contributed by atoms with E-state index in [1.165, 1.54) is 5.56 Å². The Bertz CT molecular complexity index is 695. The highest BCUT2D eigenvalue weighted by molar-refractivity contribution is 5.92. The first kappa shape index (κ1) is 16.2. The molecule has 2 heterocycles. The van der Waals surface area contributed by atoms with Gasteiger partial charge in [-0.3, -0.25) is 9.78 Å². The molecule has 1 amide bonds. The number of likely N-dealkylation sites (tertiary alicyclic amines) is 1. The largest absolute Gasteiger partial charge is 0.494 e. The van der Waals surface area contributed by atoms with E-state index in [-0.39, 0.29) is 11.9 Å². The monoisotopic (exact) mass is 322 g/mol. The smallest absolute Gasteiger partial charge is 0.247 e. The third-order valence-electron chi connectivity index (χ3n) is 4.21. The number of hydrogen-bond acceptors (Lipinski definition) is 3. The normalized spacial score (nSPS) is 17.4. The molecule has 0 N–H and O–H groups in total. The number of aromatic nitrogens is 1. The van der Waals surface area contributed by atoms with E-state index in [2.05, 4.69) is 17.1 Å². The van der Waals surface area contributed by atoms with Gasteiger partial charge in [-0.05, 0) is 55.2 Å². The van der Waals surface area contributed by atoms with E-state index in [0.29, 0.717) is 6.61 Å². The van der Waals surface area contributed by atoms with Crippen LogP contribution >= 0.6 is 0 Å². The Morgan fingerprint density at radius 3 is 2.88 bits per heavy atom. The van der Waals surface area contributed by atoms with Crippen LogP contribution in [0.1, 0.15) is 36.9 Å². The predicted octanol–water partition coefficient (Wildman–Crippen LogP) is 3.86. The number of amides is 1. The van der Waals surface area contributed by atoms with E-state index in [4.69, 9.17) is 4.74 Å². The number of benzene rings is 1. The van der Waals surface area contributed by atoms with Crippen molar-refractivity contribution in [2.45, 2.75) is 25.8 Å². The van der Waals surface area contributed by atoms with Gasteiger partial charge in [0, 0.05) is 25.0 Å². The highest BCUT2D eigenvalue weighted by Gasteiger charge is 2.28. The van der Waals surface area contributed by atoms with Crippen LogP contribution in [0.25, 0.3) is 6.08 Å². The lowest BCUT2D eigenvalue weighted by molar-refractivity contribution is -0.126. The molecule has 1 saturated heterocycles. The summed E-state index contributed by atoms with van der Waals surface area (Å²) in [5.41, 5.74) is 2.10. The van der Waals surface area contributed by atoms with E-state index in [9.17, 15) is 4.79 Å². The zero-order chi connectivity index (χ0) is 16.8. The Labute approximate surface area is 142 Å². The van der Waals surface area contributed by atoms with E-state index in [0.717, 1.165) is 30.7 Å². The molecule has 1 aromatic heterocycles. The Hall–Kier alpha value is -2.62. The van der Waals surface area contributed by atoms with Crippen molar-refractivity contribution in [1.29, 1.82) is 0 Å². The van der Waals surface area contributed by atoms with Crippen molar-refractivity contribution in [1.82, 2.24) is 9.88 Å². The lowest BCUT2D eigenvalue weighted by atomic mass is 10.0. The predicted molar refractivity (Wildman–Crippen MR) is 94.6 cm³/mol. The molecule has 1 fully saturated rings. The molecule has 3 rings (SSSR count). The van der Waals surface area contributed by atoms with Gasteiger partial charge in [0.2, 0.25) is 5.91 Å². The second kappa shape index (κ2) is 7.77. The van der Waals surface area contributed by atoms with Gasteiger partial charge in [0.1, 0.15) is 5.75 Å². The van der Waals surface area contributed by atoms with Gasteiger partial charge in [0.05, 0.1) is 12.6 Å². The highest BCUT2D eigenvalue weighted by atomic mass is 16.5. The molecule has 1 unspecified atom stereocenters. The summed E-state index contributed by atoms with van der Waals surface area (Å²) < 4.78 is 5.49. The fraction of sp³-hybridized carbons (Fsp3) is 0.300. The molecule has 0 saturated carbocycles. The molecule has 24 heavy (non-hydrogen) atoms. The van der Waals surface area contributed by atoms with Crippen LogP contribution in [0.15, 0.2) is 54.9 Å². The molecule has 1 aromatic carbocycles. The third kappa shape index (κ3) is 3.82. The Morgan fingerprint density at radius 2 is 2.17 bits per heavy atom. The van der Waals surface area contributed by atoms with Crippen molar-refractivity contribution in [2.24, 2.45) is 0 Å². The second-order valence-corrected chi connectivity index (χ2v) is 5.81. The van der Waals surface area contributed by atoms with E-state index in [1.807, 2.05) is 42.2 Å². The lowest BCUT2D eigenvalue weighted by Gasteiger charge is -2.24. The van der Waals surface area contributed by atoms with Crippen LogP contribution in [0.3, 0.4) is 0 Å². The molecule has 1 aliphatic rings. The van der Waals surface area contributed by atoms with Gasteiger partial charge in [-0.25, -0.2) is 0 Å². The van der Waals surface area contributed by atoms with Gasteiger partial charge in [-0.15, -0.1) is 0 Å². The summed E-state index contributed by atoms with van der Waals surface area (Å²) in [6, 6.07) is 12.0. The molecule has 0 spiro atoms. The minimum atomic E-state index is 0.0511. The number of rotatable bonds is 5. The average molecular weight is 322 g/mol. The quantitative estimate of drug-likeness (QED) is 0.785. The van der Waals surface area contributed by atoms with Gasteiger partial charge in [-0.2, -0.15) is 0 Å². The van der Waals surface area contributed by atoms with E-state index in [1.54, 1.807) is 18.5 Å². The summed E-state index contributed by atoms with van der Waals surface area (Å²) in [6.07, 6.45) is 8.97. The fourth-order valence-electron chi connectivity index (χ4n) is 3.07. The van der Waals surface area contributed by atoms with Crippen LogP contribution in [0.4, 0.5) is 0 Å². The molecular formula is C20H22N2O2. The zero-order valence-electron chi connectivity index (χ0n) is 13.9. The van der Waals surface area contributed by atoms with Crippen LogP contribution in [-0.2, 0) is 4.79 Å². The summed E-state index contributed by atoms with van der Waals surface area (Å²) in [7, 11) is 0. The van der Waals surface area contributed by atoms with Crippen LogP contribution in [-0.4, -0.2) is 28.9 Å². The van der Waals surface area contributed by atoms with E-state index < -0.39 is 0 Å². The molecule has 0 aliphatic carbocycles. The second-order valence-electron chi connectivity index (χ2n) is 5.81. The Kier molecular flexibility index (Phi) is 5.26. The average Bonchev–Trinajstić information content (AvgIpc) is 3.11.